The summed E-state index contributed by atoms with van der Waals surface area (Å²) in [6, 6.07) is 18.6. The van der Waals surface area contributed by atoms with Crippen LogP contribution in [0.3, 0.4) is 0 Å². The molecule has 3 rings (SSSR count). The van der Waals surface area contributed by atoms with Gasteiger partial charge in [0.25, 0.3) is 0 Å². The first-order valence-corrected chi connectivity index (χ1v) is 9.82. The van der Waals surface area contributed by atoms with Crippen molar-refractivity contribution < 1.29 is 23.4 Å². The van der Waals surface area contributed by atoms with Gasteiger partial charge >= 0.3 is 6.18 Å². The summed E-state index contributed by atoms with van der Waals surface area (Å²) in [5, 5.41) is 34.5. The van der Waals surface area contributed by atoms with Gasteiger partial charge in [0.05, 0.1) is 41.0 Å². The van der Waals surface area contributed by atoms with Crippen LogP contribution < -0.4 is 0 Å². The van der Waals surface area contributed by atoms with Gasteiger partial charge in [-0.1, -0.05) is 12.1 Å². The first-order valence-electron chi connectivity index (χ1n) is 9.82. The fraction of sp³-hybridized carbons (Fsp3) is 0.217. The molecule has 0 saturated heterocycles. The molecule has 32 heavy (non-hydrogen) atoms. The van der Waals surface area contributed by atoms with Gasteiger partial charge in [-0.2, -0.15) is 33.6 Å². The first kappa shape index (κ1) is 23.2. The highest BCUT2D eigenvalue weighted by Gasteiger charge is 2.29. The molecule has 0 bridgehead atoms. The summed E-state index contributed by atoms with van der Waals surface area (Å²) < 4.78 is 37.7. The van der Waals surface area contributed by atoms with Crippen molar-refractivity contribution in [3.05, 3.63) is 83.9 Å². The zero-order chi connectivity index (χ0) is 23.0. The molecule has 0 aliphatic carbocycles. The summed E-state index contributed by atoms with van der Waals surface area (Å²) in [6.07, 6.45) is -3.96. The van der Waals surface area contributed by atoms with Gasteiger partial charge in [-0.25, -0.2) is 0 Å². The molecule has 0 amide bonds. The molecule has 2 N–H and O–H groups in total. The van der Waals surface area contributed by atoms with Crippen molar-refractivity contribution in [1.29, 1.82) is 0 Å². The lowest BCUT2D eigenvalue weighted by molar-refractivity contribution is -0.137. The molecule has 0 aliphatic heterocycles. The van der Waals surface area contributed by atoms with Gasteiger partial charge in [0.2, 0.25) is 0 Å². The largest absolute Gasteiger partial charge is 0.416 e. The highest BCUT2D eigenvalue weighted by atomic mass is 19.4. The zero-order valence-corrected chi connectivity index (χ0v) is 16.9. The Labute approximate surface area is 182 Å². The van der Waals surface area contributed by atoms with Crippen molar-refractivity contribution in [3.8, 4) is 0 Å². The summed E-state index contributed by atoms with van der Waals surface area (Å²) in [5.74, 6) is 0. The van der Waals surface area contributed by atoms with E-state index in [0.29, 0.717) is 35.6 Å². The Balaban J connectivity index is 1.56. The molecule has 0 radical (unpaired) electrons. The smallest absolute Gasteiger partial charge is 0.394 e. The van der Waals surface area contributed by atoms with E-state index in [1.807, 2.05) is 24.3 Å². The van der Waals surface area contributed by atoms with E-state index in [0.717, 1.165) is 17.7 Å². The quantitative estimate of drug-likeness (QED) is 0.375. The molecule has 0 fully saturated rings. The molecule has 6 nitrogen and oxygen atoms in total. The predicted octanol–water partition coefficient (Wildman–Crippen LogP) is 6.82. The van der Waals surface area contributed by atoms with Crippen LogP contribution in [-0.4, -0.2) is 22.9 Å². The van der Waals surface area contributed by atoms with E-state index in [9.17, 15) is 18.3 Å². The van der Waals surface area contributed by atoms with E-state index in [2.05, 4.69) is 20.5 Å². The van der Waals surface area contributed by atoms with Gasteiger partial charge in [-0.05, 0) is 79.1 Å². The predicted molar refractivity (Wildman–Crippen MR) is 114 cm³/mol. The van der Waals surface area contributed by atoms with Gasteiger partial charge < -0.3 is 10.2 Å². The Morgan fingerprint density at radius 3 is 1.41 bits per heavy atom. The first-order chi connectivity index (χ1) is 15.3. The molecule has 0 heterocycles. The lowest BCUT2D eigenvalue weighted by Gasteiger charge is -2.06. The lowest BCUT2D eigenvalue weighted by atomic mass is 10.1. The molecule has 0 saturated carbocycles. The molecule has 9 heteroatoms. The number of halogens is 3. The Morgan fingerprint density at radius 1 is 0.656 bits per heavy atom. The van der Waals surface area contributed by atoms with Crippen molar-refractivity contribution in [2.75, 3.05) is 6.61 Å². The molecule has 0 aromatic heterocycles. The average Bonchev–Trinajstić information content (AvgIpc) is 2.81. The van der Waals surface area contributed by atoms with Crippen molar-refractivity contribution in [2.45, 2.75) is 25.1 Å². The fourth-order valence-corrected chi connectivity index (χ4v) is 2.69. The number of benzene rings is 3. The molecule has 0 spiro atoms. The van der Waals surface area contributed by atoms with Crippen LogP contribution in [0.5, 0.6) is 0 Å². The maximum atomic E-state index is 12.6. The number of nitrogens with zero attached hydrogens (tertiary/aromatic N) is 4. The number of aryl methyl sites for hydroxylation is 1. The summed E-state index contributed by atoms with van der Waals surface area (Å²) in [5.41, 5.74) is 2.41. The summed E-state index contributed by atoms with van der Waals surface area (Å²) in [6.45, 7) is -0.248. The molecule has 3 aromatic rings. The summed E-state index contributed by atoms with van der Waals surface area (Å²) in [7, 11) is 0. The minimum atomic E-state index is -4.38. The van der Waals surface area contributed by atoms with Crippen molar-refractivity contribution >= 4 is 22.7 Å². The van der Waals surface area contributed by atoms with Crippen LogP contribution >= 0.6 is 0 Å². The fourth-order valence-electron chi connectivity index (χ4n) is 2.69. The topological polar surface area (TPSA) is 89.9 Å². The third-order valence-electron chi connectivity index (χ3n) is 4.52. The average molecular weight is 442 g/mol. The van der Waals surface area contributed by atoms with Crippen LogP contribution in [0.25, 0.3) is 0 Å². The number of alkyl halides is 3. The zero-order valence-electron chi connectivity index (χ0n) is 16.9. The molecule has 1 unspecified atom stereocenters. The van der Waals surface area contributed by atoms with Crippen LogP contribution in [0.4, 0.5) is 35.9 Å². The molecular formula is C23H21F3N4O2. The van der Waals surface area contributed by atoms with Crippen LogP contribution in [0.15, 0.2) is 93.3 Å². The van der Waals surface area contributed by atoms with Gasteiger partial charge in [-0.15, -0.1) is 0 Å². The van der Waals surface area contributed by atoms with Gasteiger partial charge in [-0.3, -0.25) is 0 Å². The molecule has 1 atom stereocenters. The maximum absolute atomic E-state index is 12.6. The van der Waals surface area contributed by atoms with E-state index in [4.69, 9.17) is 5.11 Å². The van der Waals surface area contributed by atoms with Crippen LogP contribution in [0, 0.1) is 0 Å². The summed E-state index contributed by atoms with van der Waals surface area (Å²) in [4.78, 5) is 0. The van der Waals surface area contributed by atoms with Crippen LogP contribution in [0.1, 0.15) is 17.5 Å². The SMILES string of the molecule is OCC(O)CCc1ccc(N=Nc2ccc(N=Nc3ccc(C(F)(F)F)cc3)cc2)cc1. The Kier molecular flexibility index (Phi) is 7.80. The number of aliphatic hydroxyl groups excluding tert-OH is 2. The standard InChI is InChI=1S/C23H21F3N4O2/c24-23(25,26)17-4-8-19(9-5-17)28-30-21-12-10-20(11-13-21)29-27-18-6-1-16(2-7-18)3-14-22(32)15-31/h1-2,4-13,22,31-32H,3,14-15H2. The normalized spacial score (nSPS) is 13.2. The summed E-state index contributed by atoms with van der Waals surface area (Å²) >= 11 is 0. The van der Waals surface area contributed by atoms with E-state index in [1.54, 1.807) is 24.3 Å². The Morgan fingerprint density at radius 2 is 1.03 bits per heavy atom. The van der Waals surface area contributed by atoms with E-state index < -0.39 is 17.8 Å². The minimum absolute atomic E-state index is 0.248. The lowest BCUT2D eigenvalue weighted by Crippen LogP contribution is -2.12. The second kappa shape index (κ2) is 10.7. The Bertz CT molecular complexity index is 1050. The van der Waals surface area contributed by atoms with Crippen molar-refractivity contribution in [2.24, 2.45) is 20.5 Å². The second-order valence-corrected chi connectivity index (χ2v) is 7.00. The molecular weight excluding hydrogens is 421 g/mol. The van der Waals surface area contributed by atoms with Gasteiger partial charge in [0, 0.05) is 0 Å². The number of rotatable bonds is 8. The Hall–Kier alpha value is -3.43. The number of aliphatic hydroxyl groups is 2. The molecule has 166 valence electrons. The molecule has 3 aromatic carbocycles. The molecule has 0 aliphatic rings. The van der Waals surface area contributed by atoms with E-state index in [1.165, 1.54) is 12.1 Å². The van der Waals surface area contributed by atoms with E-state index in [-0.39, 0.29) is 6.61 Å². The van der Waals surface area contributed by atoms with Gasteiger partial charge in [0.1, 0.15) is 0 Å². The van der Waals surface area contributed by atoms with E-state index >= 15 is 0 Å². The third kappa shape index (κ3) is 7.07. The highest BCUT2D eigenvalue weighted by molar-refractivity contribution is 5.48. The number of hydrogen-bond donors (Lipinski definition) is 2. The van der Waals surface area contributed by atoms with Crippen LogP contribution in [-0.2, 0) is 12.6 Å². The van der Waals surface area contributed by atoms with Crippen molar-refractivity contribution in [3.63, 3.8) is 0 Å². The number of hydrogen-bond acceptors (Lipinski definition) is 6. The number of azo groups is 2. The van der Waals surface area contributed by atoms with Gasteiger partial charge in [0.15, 0.2) is 0 Å². The minimum Gasteiger partial charge on any atom is -0.394 e. The van der Waals surface area contributed by atoms with Crippen molar-refractivity contribution in [1.82, 2.24) is 0 Å². The third-order valence-corrected chi connectivity index (χ3v) is 4.52. The monoisotopic (exact) mass is 442 g/mol. The highest BCUT2D eigenvalue weighted by Crippen LogP contribution is 2.31. The van der Waals surface area contributed by atoms with Crippen LogP contribution in [0.2, 0.25) is 0 Å². The second-order valence-electron chi connectivity index (χ2n) is 7.00. The maximum Gasteiger partial charge on any atom is 0.416 e.